The number of halogens is 2. The van der Waals surface area contributed by atoms with Crippen molar-refractivity contribution in [3.8, 4) is 22.7 Å². The first-order valence-corrected chi connectivity index (χ1v) is 10.3. The van der Waals surface area contributed by atoms with Crippen LogP contribution in [0.1, 0.15) is 35.2 Å². The summed E-state index contributed by atoms with van der Waals surface area (Å²) in [5.74, 6) is 0.405. The lowest BCUT2D eigenvalue weighted by molar-refractivity contribution is 0.0664. The number of likely N-dealkylation sites (tertiary alicyclic amines) is 1. The number of furan rings is 1. The molecule has 1 aliphatic heterocycles. The van der Waals surface area contributed by atoms with Gasteiger partial charge in [0.05, 0.1) is 5.92 Å². The van der Waals surface area contributed by atoms with E-state index in [9.17, 15) is 13.6 Å². The molecule has 32 heavy (non-hydrogen) atoms. The fraction of sp³-hybridized carbons (Fsp3) is 0.208. The Bertz CT molecular complexity index is 1250. The average molecular weight is 435 g/mol. The van der Waals surface area contributed by atoms with Crippen molar-refractivity contribution in [1.29, 1.82) is 0 Å². The van der Waals surface area contributed by atoms with Gasteiger partial charge in [-0.2, -0.15) is 4.98 Å². The summed E-state index contributed by atoms with van der Waals surface area (Å²) in [5.41, 5.74) is 1.23. The Kier molecular flexibility index (Phi) is 5.26. The van der Waals surface area contributed by atoms with E-state index in [4.69, 9.17) is 8.94 Å². The summed E-state index contributed by atoms with van der Waals surface area (Å²) in [6, 6.07) is 15.2. The average Bonchev–Trinajstić information content (AvgIpc) is 3.50. The number of rotatable bonds is 4. The zero-order valence-corrected chi connectivity index (χ0v) is 17.0. The van der Waals surface area contributed by atoms with Crippen LogP contribution in [0.15, 0.2) is 69.6 Å². The predicted octanol–water partition coefficient (Wildman–Crippen LogP) is 5.29. The van der Waals surface area contributed by atoms with Crippen molar-refractivity contribution in [2.45, 2.75) is 18.8 Å². The van der Waals surface area contributed by atoms with E-state index in [1.54, 1.807) is 41.3 Å². The molecular formula is C24H19F2N3O3. The summed E-state index contributed by atoms with van der Waals surface area (Å²) in [6.45, 7) is 1.00. The smallest absolute Gasteiger partial charge is 0.289 e. The second-order valence-corrected chi connectivity index (χ2v) is 7.73. The zero-order valence-electron chi connectivity index (χ0n) is 17.0. The molecule has 1 unspecified atom stereocenters. The fourth-order valence-electron chi connectivity index (χ4n) is 3.89. The normalized spacial score (nSPS) is 16.3. The molecule has 0 N–H and O–H groups in total. The van der Waals surface area contributed by atoms with E-state index in [0.717, 1.165) is 12.8 Å². The molecule has 1 fully saturated rings. The molecule has 6 nitrogen and oxygen atoms in total. The maximum atomic E-state index is 13.5. The molecule has 0 saturated carbocycles. The number of amides is 1. The Labute approximate surface area is 182 Å². The Morgan fingerprint density at radius 2 is 1.84 bits per heavy atom. The number of aromatic nitrogens is 2. The van der Waals surface area contributed by atoms with Crippen LogP contribution in [0.25, 0.3) is 22.7 Å². The second kappa shape index (κ2) is 8.37. The highest BCUT2D eigenvalue weighted by Crippen LogP contribution is 2.30. The fourth-order valence-corrected chi connectivity index (χ4v) is 3.89. The molecule has 5 rings (SSSR count). The summed E-state index contributed by atoms with van der Waals surface area (Å²) in [5, 5.41) is 3.97. The number of carbonyl (C=O) groups excluding carboxylic acids is 1. The maximum absolute atomic E-state index is 13.5. The molecule has 1 saturated heterocycles. The first kappa shape index (κ1) is 20.1. The largest absolute Gasteiger partial charge is 0.451 e. The van der Waals surface area contributed by atoms with Gasteiger partial charge >= 0.3 is 0 Å². The van der Waals surface area contributed by atoms with Crippen LogP contribution in [0.4, 0.5) is 8.78 Å². The van der Waals surface area contributed by atoms with Crippen molar-refractivity contribution in [3.05, 3.63) is 83.9 Å². The minimum atomic E-state index is -0.373. The molecule has 8 heteroatoms. The highest BCUT2D eigenvalue weighted by atomic mass is 19.1. The van der Waals surface area contributed by atoms with Gasteiger partial charge in [-0.05, 0) is 61.4 Å². The monoisotopic (exact) mass is 435 g/mol. The molecule has 1 amide bonds. The lowest BCUT2D eigenvalue weighted by Gasteiger charge is -2.30. The van der Waals surface area contributed by atoms with E-state index in [1.165, 1.54) is 24.3 Å². The van der Waals surface area contributed by atoms with Crippen molar-refractivity contribution in [3.63, 3.8) is 0 Å². The summed E-state index contributed by atoms with van der Waals surface area (Å²) in [4.78, 5) is 19.1. The molecule has 0 bridgehead atoms. The predicted molar refractivity (Wildman–Crippen MR) is 112 cm³/mol. The third-order valence-electron chi connectivity index (χ3n) is 5.53. The van der Waals surface area contributed by atoms with E-state index in [2.05, 4.69) is 10.1 Å². The molecular weight excluding hydrogens is 416 g/mol. The minimum absolute atomic E-state index is 0.117. The first-order valence-electron chi connectivity index (χ1n) is 10.3. The van der Waals surface area contributed by atoms with Gasteiger partial charge in [0, 0.05) is 24.2 Å². The van der Waals surface area contributed by atoms with Gasteiger partial charge < -0.3 is 13.8 Å². The Morgan fingerprint density at radius 1 is 1.00 bits per heavy atom. The summed E-state index contributed by atoms with van der Waals surface area (Å²) in [7, 11) is 0. The van der Waals surface area contributed by atoms with Gasteiger partial charge in [0.1, 0.15) is 17.4 Å². The number of hydrogen-bond acceptors (Lipinski definition) is 5. The van der Waals surface area contributed by atoms with Crippen LogP contribution in [0.5, 0.6) is 0 Å². The van der Waals surface area contributed by atoms with Crippen molar-refractivity contribution >= 4 is 5.91 Å². The molecule has 162 valence electrons. The molecule has 1 atom stereocenters. The Hall–Kier alpha value is -3.81. The molecule has 0 radical (unpaired) electrons. The zero-order chi connectivity index (χ0) is 22.1. The Morgan fingerprint density at radius 3 is 2.66 bits per heavy atom. The van der Waals surface area contributed by atoms with E-state index in [1.807, 2.05) is 0 Å². The van der Waals surface area contributed by atoms with Crippen LogP contribution >= 0.6 is 0 Å². The van der Waals surface area contributed by atoms with Crippen molar-refractivity contribution in [1.82, 2.24) is 15.0 Å². The highest BCUT2D eigenvalue weighted by molar-refractivity contribution is 5.92. The molecule has 0 spiro atoms. The van der Waals surface area contributed by atoms with E-state index < -0.39 is 0 Å². The van der Waals surface area contributed by atoms with Crippen molar-refractivity contribution in [2.24, 2.45) is 0 Å². The van der Waals surface area contributed by atoms with Crippen molar-refractivity contribution < 1.29 is 22.5 Å². The van der Waals surface area contributed by atoms with E-state index in [-0.39, 0.29) is 29.2 Å². The van der Waals surface area contributed by atoms with Gasteiger partial charge in [0.2, 0.25) is 11.7 Å². The first-order chi connectivity index (χ1) is 15.6. The summed E-state index contributed by atoms with van der Waals surface area (Å²) in [6.07, 6.45) is 1.58. The van der Waals surface area contributed by atoms with Gasteiger partial charge in [-0.1, -0.05) is 17.3 Å². The van der Waals surface area contributed by atoms with Crippen LogP contribution in [0.3, 0.4) is 0 Å². The Balaban J connectivity index is 1.30. The number of benzene rings is 2. The van der Waals surface area contributed by atoms with Gasteiger partial charge in [0.25, 0.3) is 5.91 Å². The number of nitrogens with zero attached hydrogens (tertiary/aromatic N) is 3. The van der Waals surface area contributed by atoms with Crippen LogP contribution in [0.2, 0.25) is 0 Å². The third-order valence-corrected chi connectivity index (χ3v) is 5.53. The van der Waals surface area contributed by atoms with Gasteiger partial charge in [0.15, 0.2) is 5.76 Å². The number of carbonyl (C=O) groups is 1. The SMILES string of the molecule is O=C(c1ccc(-c2ccc(F)cc2)o1)N1CCCC(c2nc(-c3cccc(F)c3)no2)C1. The summed E-state index contributed by atoms with van der Waals surface area (Å²) < 4.78 is 37.8. The van der Waals surface area contributed by atoms with Gasteiger partial charge in [-0.15, -0.1) is 0 Å². The minimum Gasteiger partial charge on any atom is -0.451 e. The highest BCUT2D eigenvalue weighted by Gasteiger charge is 2.30. The standard InChI is InChI=1S/C24H19F2N3O3/c25-18-8-6-15(7-9-18)20-10-11-21(31-20)24(30)29-12-2-4-17(14-29)23-27-22(28-32-23)16-3-1-5-19(26)13-16/h1,3,5-11,13,17H,2,4,12,14H2. The topological polar surface area (TPSA) is 72.4 Å². The summed E-state index contributed by atoms with van der Waals surface area (Å²) >= 11 is 0. The molecule has 2 aromatic heterocycles. The number of hydrogen-bond donors (Lipinski definition) is 0. The van der Waals surface area contributed by atoms with E-state index >= 15 is 0 Å². The number of piperidine rings is 1. The molecule has 2 aromatic carbocycles. The lowest BCUT2D eigenvalue weighted by atomic mass is 9.97. The van der Waals surface area contributed by atoms with E-state index in [0.29, 0.717) is 41.7 Å². The molecule has 1 aliphatic rings. The van der Waals surface area contributed by atoms with Crippen LogP contribution in [0, 0.1) is 11.6 Å². The lowest BCUT2D eigenvalue weighted by Crippen LogP contribution is -2.39. The quantitative estimate of drug-likeness (QED) is 0.435. The van der Waals surface area contributed by atoms with Crippen LogP contribution in [-0.4, -0.2) is 34.0 Å². The van der Waals surface area contributed by atoms with Gasteiger partial charge in [-0.25, -0.2) is 8.78 Å². The second-order valence-electron chi connectivity index (χ2n) is 7.73. The van der Waals surface area contributed by atoms with Crippen LogP contribution < -0.4 is 0 Å². The molecule has 3 heterocycles. The third kappa shape index (κ3) is 4.03. The maximum Gasteiger partial charge on any atom is 0.289 e. The molecule has 4 aromatic rings. The van der Waals surface area contributed by atoms with Crippen LogP contribution in [-0.2, 0) is 0 Å². The van der Waals surface area contributed by atoms with Gasteiger partial charge in [-0.3, -0.25) is 4.79 Å². The van der Waals surface area contributed by atoms with Crippen molar-refractivity contribution in [2.75, 3.05) is 13.1 Å². The molecule has 0 aliphatic carbocycles.